The summed E-state index contributed by atoms with van der Waals surface area (Å²) in [5.41, 5.74) is -0.355. The van der Waals surface area contributed by atoms with Crippen molar-refractivity contribution in [1.82, 2.24) is 9.29 Å². The van der Waals surface area contributed by atoms with E-state index in [1.807, 2.05) is 0 Å². The first-order valence-corrected chi connectivity index (χ1v) is 9.71. The highest BCUT2D eigenvalue weighted by Crippen LogP contribution is 2.25. The number of anilines is 1. The zero-order valence-electron chi connectivity index (χ0n) is 14.7. The molecule has 1 aromatic heterocycles. The second kappa shape index (κ2) is 9.02. The SMILES string of the molecule is C[C@H](NS(=O)(=O)c1cc(C(=O)Nc2cc(F)c(F)c(Br)c2)n(C)c1)C(F)(F)F.S. The molecule has 2 rings (SSSR count). The Morgan fingerprint density at radius 3 is 2.31 bits per heavy atom. The number of rotatable bonds is 5. The fourth-order valence-corrected chi connectivity index (χ4v) is 3.83. The predicted molar refractivity (Wildman–Crippen MR) is 104 cm³/mol. The second-order valence-corrected chi connectivity index (χ2v) is 8.33. The average molecular weight is 524 g/mol. The van der Waals surface area contributed by atoms with Gasteiger partial charge in [-0.15, -0.1) is 0 Å². The molecule has 0 unspecified atom stereocenters. The summed E-state index contributed by atoms with van der Waals surface area (Å²) in [4.78, 5) is 11.7. The Bertz CT molecular complexity index is 1000. The smallest absolute Gasteiger partial charge is 0.345 e. The minimum atomic E-state index is -4.79. The van der Waals surface area contributed by atoms with Gasteiger partial charge in [0.1, 0.15) is 16.6 Å². The summed E-state index contributed by atoms with van der Waals surface area (Å²) in [6.07, 6.45) is -3.84. The maximum Gasteiger partial charge on any atom is 0.404 e. The number of benzene rings is 1. The Hall–Kier alpha value is -1.64. The van der Waals surface area contributed by atoms with E-state index in [0.29, 0.717) is 13.0 Å². The van der Waals surface area contributed by atoms with Gasteiger partial charge in [-0.1, -0.05) is 0 Å². The molecule has 0 radical (unpaired) electrons. The van der Waals surface area contributed by atoms with Crippen molar-refractivity contribution in [3.05, 3.63) is 46.2 Å². The standard InChI is InChI=1S/C15H13BrF5N3O3S.H2S/c1-7(15(19,20)21)23-28(26,27)9-5-12(24(2)6-9)14(25)22-8-3-10(16)13(18)11(17)4-8;/h3-7,23H,1-2H3,(H,22,25);1H2/t7-;/m0./s1. The van der Waals surface area contributed by atoms with E-state index in [2.05, 4.69) is 21.2 Å². The molecular formula is C15H15BrF5N3O3S2. The summed E-state index contributed by atoms with van der Waals surface area (Å²) in [7, 11) is -3.26. The van der Waals surface area contributed by atoms with Gasteiger partial charge >= 0.3 is 6.18 Å². The Morgan fingerprint density at radius 2 is 1.79 bits per heavy atom. The molecule has 14 heteroatoms. The van der Waals surface area contributed by atoms with Crippen molar-refractivity contribution in [1.29, 1.82) is 0 Å². The molecule has 2 aromatic rings. The second-order valence-electron chi connectivity index (χ2n) is 5.76. The van der Waals surface area contributed by atoms with Crippen LogP contribution in [0.3, 0.4) is 0 Å². The van der Waals surface area contributed by atoms with Gasteiger partial charge in [-0.25, -0.2) is 17.2 Å². The van der Waals surface area contributed by atoms with E-state index in [4.69, 9.17) is 0 Å². The molecule has 0 bridgehead atoms. The molecule has 2 N–H and O–H groups in total. The Kier molecular flexibility index (Phi) is 7.90. The van der Waals surface area contributed by atoms with Crippen LogP contribution in [0, 0.1) is 11.6 Å². The molecule has 1 atom stereocenters. The summed E-state index contributed by atoms with van der Waals surface area (Å²) >= 11 is 2.78. The number of sulfonamides is 1. The number of nitrogens with one attached hydrogen (secondary N) is 2. The van der Waals surface area contributed by atoms with E-state index >= 15 is 0 Å². The normalized spacial score (nSPS) is 13.0. The van der Waals surface area contributed by atoms with Crippen LogP contribution in [0.4, 0.5) is 27.6 Å². The minimum absolute atomic E-state index is 0. The van der Waals surface area contributed by atoms with Crippen LogP contribution in [0.1, 0.15) is 17.4 Å². The van der Waals surface area contributed by atoms with Crippen LogP contribution in [0.2, 0.25) is 0 Å². The number of carbonyl (C=O) groups excluding carboxylic acids is 1. The summed E-state index contributed by atoms with van der Waals surface area (Å²) in [5.74, 6) is -3.27. The fraction of sp³-hybridized carbons (Fsp3) is 0.267. The van der Waals surface area contributed by atoms with Crippen LogP contribution in [-0.2, 0) is 17.1 Å². The van der Waals surface area contributed by atoms with Gasteiger partial charge in [0.2, 0.25) is 10.0 Å². The van der Waals surface area contributed by atoms with Gasteiger partial charge in [0, 0.05) is 25.0 Å². The van der Waals surface area contributed by atoms with Crippen LogP contribution in [-0.4, -0.2) is 31.1 Å². The molecule has 0 aliphatic heterocycles. The van der Waals surface area contributed by atoms with Gasteiger partial charge in [-0.05, 0) is 35.0 Å². The molecule has 0 saturated carbocycles. The molecule has 162 valence electrons. The van der Waals surface area contributed by atoms with Crippen LogP contribution in [0.15, 0.2) is 33.8 Å². The van der Waals surface area contributed by atoms with E-state index in [1.54, 1.807) is 0 Å². The number of aryl methyl sites for hydroxylation is 1. The average Bonchev–Trinajstić information content (AvgIpc) is 2.94. The third-order valence-corrected chi connectivity index (χ3v) is 5.67. The number of nitrogens with zero attached hydrogens (tertiary/aromatic N) is 1. The van der Waals surface area contributed by atoms with Crippen molar-refractivity contribution >= 4 is 51.0 Å². The monoisotopic (exact) mass is 523 g/mol. The molecule has 29 heavy (non-hydrogen) atoms. The van der Waals surface area contributed by atoms with Gasteiger partial charge in [-0.3, -0.25) is 4.79 Å². The summed E-state index contributed by atoms with van der Waals surface area (Å²) in [5, 5.41) is 2.25. The lowest BCUT2D eigenvalue weighted by atomic mass is 10.3. The molecule has 1 amide bonds. The van der Waals surface area contributed by atoms with E-state index in [1.165, 1.54) is 11.8 Å². The number of hydrogen-bond donors (Lipinski definition) is 2. The Labute approximate surface area is 178 Å². The maximum absolute atomic E-state index is 13.4. The van der Waals surface area contributed by atoms with Crippen LogP contribution in [0.25, 0.3) is 0 Å². The first-order chi connectivity index (χ1) is 12.7. The van der Waals surface area contributed by atoms with Crippen molar-refractivity contribution < 1.29 is 35.2 Å². The van der Waals surface area contributed by atoms with Gasteiger partial charge < -0.3 is 9.88 Å². The number of alkyl halides is 3. The van der Waals surface area contributed by atoms with Crippen LogP contribution < -0.4 is 10.0 Å². The van der Waals surface area contributed by atoms with Gasteiger partial charge in [-0.2, -0.15) is 31.4 Å². The number of hydrogen-bond acceptors (Lipinski definition) is 3. The zero-order valence-corrected chi connectivity index (χ0v) is 18.1. The molecule has 1 heterocycles. The molecule has 6 nitrogen and oxygen atoms in total. The minimum Gasteiger partial charge on any atom is -0.345 e. The molecule has 0 saturated heterocycles. The molecular weight excluding hydrogens is 509 g/mol. The fourth-order valence-electron chi connectivity index (χ4n) is 2.10. The highest BCUT2D eigenvalue weighted by Gasteiger charge is 2.39. The van der Waals surface area contributed by atoms with Crippen molar-refractivity contribution in [2.75, 3.05) is 5.32 Å². The molecule has 0 aliphatic rings. The van der Waals surface area contributed by atoms with E-state index < -0.39 is 44.7 Å². The van der Waals surface area contributed by atoms with Crippen molar-refractivity contribution in [3.8, 4) is 0 Å². The number of amides is 1. The summed E-state index contributed by atoms with van der Waals surface area (Å²) in [6, 6.07) is 0.319. The van der Waals surface area contributed by atoms with E-state index in [0.717, 1.165) is 22.9 Å². The Morgan fingerprint density at radius 1 is 1.21 bits per heavy atom. The quantitative estimate of drug-likeness (QED) is 0.463. The lowest BCUT2D eigenvalue weighted by Crippen LogP contribution is -2.42. The predicted octanol–water partition coefficient (Wildman–Crippen LogP) is 3.66. The highest BCUT2D eigenvalue weighted by molar-refractivity contribution is 9.10. The molecule has 0 fully saturated rings. The third-order valence-electron chi connectivity index (χ3n) is 3.59. The van der Waals surface area contributed by atoms with Crippen molar-refractivity contribution in [2.45, 2.75) is 24.0 Å². The topological polar surface area (TPSA) is 80.2 Å². The number of halogens is 6. The van der Waals surface area contributed by atoms with Crippen LogP contribution in [0.5, 0.6) is 0 Å². The summed E-state index contributed by atoms with van der Waals surface area (Å²) < 4.78 is 90.9. The molecule has 0 aliphatic carbocycles. The molecule has 0 spiro atoms. The lowest BCUT2D eigenvalue weighted by Gasteiger charge is -2.16. The highest BCUT2D eigenvalue weighted by atomic mass is 79.9. The van der Waals surface area contributed by atoms with Crippen molar-refractivity contribution in [3.63, 3.8) is 0 Å². The largest absolute Gasteiger partial charge is 0.404 e. The van der Waals surface area contributed by atoms with E-state index in [9.17, 15) is 35.2 Å². The number of carbonyl (C=O) groups is 1. The van der Waals surface area contributed by atoms with Crippen molar-refractivity contribution in [2.24, 2.45) is 7.05 Å². The molecule has 1 aromatic carbocycles. The summed E-state index contributed by atoms with van der Waals surface area (Å²) in [6.45, 7) is 0.634. The zero-order chi connectivity index (χ0) is 21.4. The first kappa shape index (κ1) is 25.4. The van der Waals surface area contributed by atoms with Gasteiger partial charge in [0.05, 0.1) is 4.47 Å². The lowest BCUT2D eigenvalue weighted by molar-refractivity contribution is -0.147. The van der Waals surface area contributed by atoms with Crippen LogP contribution >= 0.6 is 29.4 Å². The Balaban J connectivity index is 0.00000420. The third kappa shape index (κ3) is 5.93. The number of aromatic nitrogens is 1. The van der Waals surface area contributed by atoms with E-state index in [-0.39, 0.29) is 29.3 Å². The van der Waals surface area contributed by atoms with Gasteiger partial charge in [0.25, 0.3) is 5.91 Å². The van der Waals surface area contributed by atoms with Gasteiger partial charge in [0.15, 0.2) is 11.6 Å². The first-order valence-electron chi connectivity index (χ1n) is 7.43. The maximum atomic E-state index is 13.4.